The van der Waals surface area contributed by atoms with Gasteiger partial charge in [-0.15, -0.1) is 0 Å². The van der Waals surface area contributed by atoms with Crippen LogP contribution in [0.4, 0.5) is 10.5 Å². The average Bonchev–Trinajstić information content (AvgIpc) is 2.67. The van der Waals surface area contributed by atoms with Crippen LogP contribution >= 0.6 is 0 Å². The number of hydrogen-bond acceptors (Lipinski definition) is 6. The van der Waals surface area contributed by atoms with Crippen LogP contribution in [0.5, 0.6) is 11.5 Å². The molecule has 2 amide bonds. The number of rotatable bonds is 5. The number of carbonyl (C=O) groups is 2. The molecular formula is C18H25N3O5. The second-order valence-electron chi connectivity index (χ2n) is 6.25. The first kappa shape index (κ1) is 18.3. The molecule has 2 aliphatic rings. The number of benzene rings is 1. The summed E-state index contributed by atoms with van der Waals surface area (Å²) in [6.45, 7) is 4.73. The van der Waals surface area contributed by atoms with E-state index in [0.29, 0.717) is 50.1 Å². The second-order valence-corrected chi connectivity index (χ2v) is 6.25. The maximum absolute atomic E-state index is 12.2. The van der Waals surface area contributed by atoms with Gasteiger partial charge in [0.1, 0.15) is 13.2 Å². The van der Waals surface area contributed by atoms with Gasteiger partial charge < -0.3 is 29.7 Å². The standard InChI is InChI=1S/C18H25N3O5/c1-2-24-18(23)21-7-5-13(6-8-21)19-12-17(22)20-14-3-4-15-16(11-14)26-10-9-25-15/h3-4,11,13,19H,2,5-10,12H2,1H3,(H,20,22). The van der Waals surface area contributed by atoms with Crippen molar-refractivity contribution in [3.8, 4) is 11.5 Å². The van der Waals surface area contributed by atoms with E-state index in [9.17, 15) is 9.59 Å². The first-order valence-corrected chi connectivity index (χ1v) is 9.00. The first-order chi connectivity index (χ1) is 12.7. The molecule has 8 nitrogen and oxygen atoms in total. The summed E-state index contributed by atoms with van der Waals surface area (Å²) in [4.78, 5) is 25.5. The fraction of sp³-hybridized carbons (Fsp3) is 0.556. The number of likely N-dealkylation sites (tertiary alicyclic amines) is 1. The van der Waals surface area contributed by atoms with Gasteiger partial charge in [-0.05, 0) is 31.9 Å². The van der Waals surface area contributed by atoms with Gasteiger partial charge in [0.15, 0.2) is 11.5 Å². The van der Waals surface area contributed by atoms with Crippen LogP contribution in [0, 0.1) is 0 Å². The van der Waals surface area contributed by atoms with Gasteiger partial charge in [-0.25, -0.2) is 4.79 Å². The molecule has 1 aromatic carbocycles. The van der Waals surface area contributed by atoms with E-state index in [1.807, 2.05) is 0 Å². The smallest absolute Gasteiger partial charge is 0.409 e. The normalized spacial score (nSPS) is 16.9. The van der Waals surface area contributed by atoms with Gasteiger partial charge in [-0.1, -0.05) is 0 Å². The highest BCUT2D eigenvalue weighted by Crippen LogP contribution is 2.32. The third-order valence-electron chi connectivity index (χ3n) is 4.40. The van der Waals surface area contributed by atoms with Crippen LogP contribution in [0.15, 0.2) is 18.2 Å². The van der Waals surface area contributed by atoms with Crippen LogP contribution in [0.2, 0.25) is 0 Å². The van der Waals surface area contributed by atoms with Crippen LogP contribution in [-0.4, -0.2) is 62.4 Å². The van der Waals surface area contributed by atoms with Crippen molar-refractivity contribution in [2.24, 2.45) is 0 Å². The van der Waals surface area contributed by atoms with Crippen molar-refractivity contribution in [2.75, 3.05) is 44.8 Å². The molecule has 26 heavy (non-hydrogen) atoms. The molecule has 1 fully saturated rings. The van der Waals surface area contributed by atoms with Gasteiger partial charge in [-0.3, -0.25) is 4.79 Å². The van der Waals surface area contributed by atoms with E-state index in [2.05, 4.69) is 10.6 Å². The summed E-state index contributed by atoms with van der Waals surface area (Å²) < 4.78 is 16.0. The molecular weight excluding hydrogens is 338 g/mol. The highest BCUT2D eigenvalue weighted by molar-refractivity contribution is 5.92. The van der Waals surface area contributed by atoms with Gasteiger partial charge in [0.2, 0.25) is 5.91 Å². The topological polar surface area (TPSA) is 89.1 Å². The van der Waals surface area contributed by atoms with E-state index in [0.717, 1.165) is 12.8 Å². The maximum Gasteiger partial charge on any atom is 0.409 e. The Morgan fingerprint density at radius 1 is 1.19 bits per heavy atom. The van der Waals surface area contributed by atoms with Crippen molar-refractivity contribution in [3.05, 3.63) is 18.2 Å². The minimum Gasteiger partial charge on any atom is -0.486 e. The number of amides is 2. The number of anilines is 1. The van der Waals surface area contributed by atoms with E-state index in [4.69, 9.17) is 14.2 Å². The lowest BCUT2D eigenvalue weighted by Gasteiger charge is -2.31. The lowest BCUT2D eigenvalue weighted by molar-refractivity contribution is -0.115. The van der Waals surface area contributed by atoms with E-state index in [1.54, 1.807) is 30.0 Å². The molecule has 0 aliphatic carbocycles. The Labute approximate surface area is 152 Å². The molecule has 1 aromatic rings. The van der Waals surface area contributed by atoms with Crippen molar-refractivity contribution in [1.82, 2.24) is 10.2 Å². The van der Waals surface area contributed by atoms with E-state index in [-0.39, 0.29) is 24.6 Å². The van der Waals surface area contributed by atoms with Crippen molar-refractivity contribution < 1.29 is 23.8 Å². The number of nitrogens with one attached hydrogen (secondary N) is 2. The van der Waals surface area contributed by atoms with Gasteiger partial charge in [0.05, 0.1) is 13.2 Å². The Kier molecular flexibility index (Phi) is 6.17. The van der Waals surface area contributed by atoms with E-state index in [1.165, 1.54) is 0 Å². The van der Waals surface area contributed by atoms with E-state index >= 15 is 0 Å². The second kappa shape index (κ2) is 8.75. The number of piperidine rings is 1. The molecule has 142 valence electrons. The van der Waals surface area contributed by atoms with Gasteiger partial charge in [-0.2, -0.15) is 0 Å². The van der Waals surface area contributed by atoms with Crippen LogP contribution in [0.1, 0.15) is 19.8 Å². The molecule has 0 saturated carbocycles. The Morgan fingerprint density at radius 3 is 2.65 bits per heavy atom. The number of ether oxygens (including phenoxy) is 3. The highest BCUT2D eigenvalue weighted by Gasteiger charge is 2.23. The molecule has 0 atom stereocenters. The summed E-state index contributed by atoms with van der Waals surface area (Å²) in [6, 6.07) is 5.57. The SMILES string of the molecule is CCOC(=O)N1CCC(NCC(=O)Nc2ccc3c(c2)OCCO3)CC1. The van der Waals surface area contributed by atoms with Crippen molar-refractivity contribution >= 4 is 17.7 Å². The van der Waals surface area contributed by atoms with Crippen LogP contribution in [0.25, 0.3) is 0 Å². The summed E-state index contributed by atoms with van der Waals surface area (Å²) in [5.74, 6) is 1.23. The highest BCUT2D eigenvalue weighted by atomic mass is 16.6. The Balaban J connectivity index is 1.40. The predicted molar refractivity (Wildman–Crippen MR) is 95.7 cm³/mol. The fourth-order valence-electron chi connectivity index (χ4n) is 3.04. The predicted octanol–water partition coefficient (Wildman–Crippen LogP) is 1.61. The minimum atomic E-state index is -0.262. The Morgan fingerprint density at radius 2 is 1.92 bits per heavy atom. The summed E-state index contributed by atoms with van der Waals surface area (Å²) in [6.07, 6.45) is 1.34. The molecule has 1 saturated heterocycles. The quantitative estimate of drug-likeness (QED) is 0.826. The van der Waals surface area contributed by atoms with Crippen LogP contribution < -0.4 is 20.1 Å². The van der Waals surface area contributed by atoms with Crippen molar-refractivity contribution in [3.63, 3.8) is 0 Å². The maximum atomic E-state index is 12.2. The number of hydrogen-bond donors (Lipinski definition) is 2. The summed E-state index contributed by atoms with van der Waals surface area (Å²) in [5, 5.41) is 6.10. The van der Waals surface area contributed by atoms with Crippen LogP contribution in [-0.2, 0) is 9.53 Å². The molecule has 0 bridgehead atoms. The summed E-state index contributed by atoms with van der Waals surface area (Å²) in [5.41, 5.74) is 0.679. The number of nitrogens with zero attached hydrogens (tertiary/aromatic N) is 1. The van der Waals surface area contributed by atoms with Gasteiger partial charge in [0, 0.05) is 30.9 Å². The van der Waals surface area contributed by atoms with Crippen molar-refractivity contribution in [1.29, 1.82) is 0 Å². The molecule has 0 unspecified atom stereocenters. The fourth-order valence-corrected chi connectivity index (χ4v) is 3.04. The molecule has 2 N–H and O–H groups in total. The van der Waals surface area contributed by atoms with Crippen molar-refractivity contribution in [2.45, 2.75) is 25.8 Å². The monoisotopic (exact) mass is 363 g/mol. The first-order valence-electron chi connectivity index (χ1n) is 9.00. The number of fused-ring (bicyclic) bond motifs is 1. The lowest BCUT2D eigenvalue weighted by Crippen LogP contribution is -2.46. The third-order valence-corrected chi connectivity index (χ3v) is 4.40. The zero-order valence-corrected chi connectivity index (χ0v) is 15.0. The average molecular weight is 363 g/mol. The molecule has 2 aliphatic heterocycles. The van der Waals surface area contributed by atoms with Crippen LogP contribution in [0.3, 0.4) is 0 Å². The summed E-state index contributed by atoms with van der Waals surface area (Å²) in [7, 11) is 0. The largest absolute Gasteiger partial charge is 0.486 e. The summed E-state index contributed by atoms with van der Waals surface area (Å²) >= 11 is 0. The van der Waals surface area contributed by atoms with Gasteiger partial charge in [0.25, 0.3) is 0 Å². The Hall–Kier alpha value is -2.48. The molecule has 0 aromatic heterocycles. The Bertz CT molecular complexity index is 644. The molecule has 2 heterocycles. The van der Waals surface area contributed by atoms with E-state index < -0.39 is 0 Å². The molecule has 0 radical (unpaired) electrons. The third kappa shape index (κ3) is 4.78. The molecule has 8 heteroatoms. The van der Waals surface area contributed by atoms with Gasteiger partial charge >= 0.3 is 6.09 Å². The number of carbonyl (C=O) groups excluding carboxylic acids is 2. The molecule has 0 spiro atoms. The minimum absolute atomic E-state index is 0.116. The zero-order chi connectivity index (χ0) is 18.4. The molecule has 3 rings (SSSR count). The lowest BCUT2D eigenvalue weighted by atomic mass is 10.1. The zero-order valence-electron chi connectivity index (χ0n) is 15.0.